The SMILES string of the molecule is N#Cc1cc(N)c(Oc2ccc(F)cc2)n1Cc1ccc(F)cc1. The van der Waals surface area contributed by atoms with Gasteiger partial charge in [-0.25, -0.2) is 8.78 Å². The van der Waals surface area contributed by atoms with Crippen molar-refractivity contribution in [1.29, 1.82) is 5.26 Å². The van der Waals surface area contributed by atoms with Gasteiger partial charge < -0.3 is 10.5 Å². The molecule has 0 saturated heterocycles. The van der Waals surface area contributed by atoms with Gasteiger partial charge in [-0.3, -0.25) is 4.57 Å². The summed E-state index contributed by atoms with van der Waals surface area (Å²) in [4.78, 5) is 0. The maximum atomic E-state index is 13.0. The van der Waals surface area contributed by atoms with E-state index in [1.165, 1.54) is 42.5 Å². The molecular weight excluding hydrogens is 312 g/mol. The van der Waals surface area contributed by atoms with Crippen LogP contribution in [-0.2, 0) is 6.54 Å². The van der Waals surface area contributed by atoms with Crippen LogP contribution in [0.4, 0.5) is 14.5 Å². The maximum Gasteiger partial charge on any atom is 0.224 e. The van der Waals surface area contributed by atoms with Crippen molar-refractivity contribution in [2.45, 2.75) is 6.54 Å². The molecule has 6 heteroatoms. The van der Waals surface area contributed by atoms with Crippen LogP contribution >= 0.6 is 0 Å². The molecule has 1 aromatic heterocycles. The molecule has 0 radical (unpaired) electrons. The Labute approximate surface area is 137 Å². The highest BCUT2D eigenvalue weighted by Crippen LogP contribution is 2.32. The Morgan fingerprint density at radius 2 is 1.58 bits per heavy atom. The van der Waals surface area contributed by atoms with Crippen molar-refractivity contribution >= 4 is 5.69 Å². The summed E-state index contributed by atoms with van der Waals surface area (Å²) in [6.45, 7) is 0.289. The number of nitrogen functional groups attached to an aromatic ring is 1. The molecule has 0 fully saturated rings. The Kier molecular flexibility index (Phi) is 4.17. The molecule has 0 amide bonds. The molecule has 0 aliphatic carbocycles. The van der Waals surface area contributed by atoms with Gasteiger partial charge in [-0.1, -0.05) is 12.1 Å². The van der Waals surface area contributed by atoms with Crippen LogP contribution in [0.3, 0.4) is 0 Å². The molecule has 0 unspecified atom stereocenters. The zero-order chi connectivity index (χ0) is 17.1. The van der Waals surface area contributed by atoms with E-state index in [9.17, 15) is 14.0 Å². The van der Waals surface area contributed by atoms with E-state index < -0.39 is 0 Å². The van der Waals surface area contributed by atoms with Crippen molar-refractivity contribution < 1.29 is 13.5 Å². The number of aromatic nitrogens is 1. The Morgan fingerprint density at radius 1 is 1.00 bits per heavy atom. The van der Waals surface area contributed by atoms with Gasteiger partial charge in [-0.05, 0) is 42.0 Å². The molecule has 120 valence electrons. The lowest BCUT2D eigenvalue weighted by Gasteiger charge is -2.12. The number of hydrogen-bond acceptors (Lipinski definition) is 3. The number of halogens is 2. The van der Waals surface area contributed by atoms with Gasteiger partial charge in [0.15, 0.2) is 0 Å². The van der Waals surface area contributed by atoms with E-state index >= 15 is 0 Å². The summed E-state index contributed by atoms with van der Waals surface area (Å²) in [6, 6.07) is 14.9. The summed E-state index contributed by atoms with van der Waals surface area (Å²) in [5.41, 5.74) is 7.33. The van der Waals surface area contributed by atoms with E-state index in [1.807, 2.05) is 0 Å². The second kappa shape index (κ2) is 6.42. The van der Waals surface area contributed by atoms with Crippen LogP contribution in [-0.4, -0.2) is 4.57 Å². The van der Waals surface area contributed by atoms with Gasteiger partial charge in [0.2, 0.25) is 5.88 Å². The molecule has 3 aromatic rings. The quantitative estimate of drug-likeness (QED) is 0.787. The highest BCUT2D eigenvalue weighted by molar-refractivity contribution is 5.56. The molecule has 0 spiro atoms. The Hall–Kier alpha value is -3.33. The van der Waals surface area contributed by atoms with Gasteiger partial charge >= 0.3 is 0 Å². The Bertz CT molecular complexity index is 894. The molecule has 0 saturated carbocycles. The first kappa shape index (κ1) is 15.6. The summed E-state index contributed by atoms with van der Waals surface area (Å²) >= 11 is 0. The van der Waals surface area contributed by atoms with Crippen LogP contribution in [0.2, 0.25) is 0 Å². The number of nitriles is 1. The fourth-order valence-corrected chi connectivity index (χ4v) is 2.30. The van der Waals surface area contributed by atoms with Crippen molar-refractivity contribution in [3.05, 3.63) is 77.5 Å². The fraction of sp³-hybridized carbons (Fsp3) is 0.0556. The molecule has 0 bridgehead atoms. The van der Waals surface area contributed by atoms with E-state index in [0.29, 0.717) is 11.4 Å². The number of hydrogen-bond donors (Lipinski definition) is 1. The zero-order valence-electron chi connectivity index (χ0n) is 12.5. The van der Waals surface area contributed by atoms with E-state index in [0.717, 1.165) is 5.56 Å². The Morgan fingerprint density at radius 3 is 2.17 bits per heavy atom. The summed E-state index contributed by atoms with van der Waals surface area (Å²) < 4.78 is 33.4. The summed E-state index contributed by atoms with van der Waals surface area (Å²) in [5.74, 6) is -0.0441. The number of benzene rings is 2. The molecule has 0 aliphatic rings. The molecule has 1 heterocycles. The minimum Gasteiger partial charge on any atom is -0.439 e. The summed E-state index contributed by atoms with van der Waals surface area (Å²) in [5, 5.41) is 9.29. The largest absolute Gasteiger partial charge is 0.439 e. The lowest BCUT2D eigenvalue weighted by Crippen LogP contribution is -2.05. The molecule has 24 heavy (non-hydrogen) atoms. The van der Waals surface area contributed by atoms with E-state index in [1.54, 1.807) is 16.7 Å². The average molecular weight is 325 g/mol. The summed E-state index contributed by atoms with van der Waals surface area (Å²) in [6.07, 6.45) is 0. The first-order valence-corrected chi connectivity index (χ1v) is 7.14. The number of nitrogens with zero attached hydrogens (tertiary/aromatic N) is 2. The van der Waals surface area contributed by atoms with E-state index in [2.05, 4.69) is 6.07 Å². The molecule has 2 N–H and O–H groups in total. The highest BCUT2D eigenvalue weighted by Gasteiger charge is 2.16. The lowest BCUT2D eigenvalue weighted by atomic mass is 10.2. The third kappa shape index (κ3) is 3.20. The first-order valence-electron chi connectivity index (χ1n) is 7.14. The predicted molar refractivity (Wildman–Crippen MR) is 85.5 cm³/mol. The van der Waals surface area contributed by atoms with Crippen LogP contribution in [0.5, 0.6) is 11.6 Å². The van der Waals surface area contributed by atoms with Gasteiger partial charge in [0.25, 0.3) is 0 Å². The van der Waals surface area contributed by atoms with Crippen LogP contribution < -0.4 is 10.5 Å². The molecule has 0 aliphatic heterocycles. The number of anilines is 1. The standard InChI is InChI=1S/C18H13F2N3O/c19-13-3-1-12(2-4-13)11-23-15(10-21)9-17(22)18(23)24-16-7-5-14(20)6-8-16/h1-9H,11,22H2. The van der Waals surface area contributed by atoms with Crippen molar-refractivity contribution in [2.24, 2.45) is 0 Å². The van der Waals surface area contributed by atoms with Crippen LogP contribution in [0.25, 0.3) is 0 Å². The van der Waals surface area contributed by atoms with E-state index in [-0.39, 0.29) is 29.7 Å². The third-order valence-electron chi connectivity index (χ3n) is 3.47. The number of rotatable bonds is 4. The smallest absolute Gasteiger partial charge is 0.224 e. The van der Waals surface area contributed by atoms with Crippen molar-refractivity contribution in [3.63, 3.8) is 0 Å². The lowest BCUT2D eigenvalue weighted by molar-refractivity contribution is 0.436. The van der Waals surface area contributed by atoms with Gasteiger partial charge in [0.1, 0.15) is 29.1 Å². The number of nitrogens with two attached hydrogens (primary N) is 1. The van der Waals surface area contributed by atoms with Crippen LogP contribution in [0, 0.1) is 23.0 Å². The summed E-state index contributed by atoms with van der Waals surface area (Å²) in [7, 11) is 0. The third-order valence-corrected chi connectivity index (χ3v) is 3.47. The molecular formula is C18H13F2N3O. The monoisotopic (exact) mass is 325 g/mol. The van der Waals surface area contributed by atoms with Crippen molar-refractivity contribution in [2.75, 3.05) is 5.73 Å². The maximum absolute atomic E-state index is 13.0. The molecule has 3 rings (SSSR count). The highest BCUT2D eigenvalue weighted by atomic mass is 19.1. The predicted octanol–water partition coefficient (Wildman–Crippen LogP) is 4.06. The average Bonchev–Trinajstić information content (AvgIpc) is 2.87. The first-order chi connectivity index (χ1) is 11.6. The van der Waals surface area contributed by atoms with E-state index in [4.69, 9.17) is 10.5 Å². The second-order valence-corrected chi connectivity index (χ2v) is 5.17. The topological polar surface area (TPSA) is 64.0 Å². The molecule has 4 nitrogen and oxygen atoms in total. The fourth-order valence-electron chi connectivity index (χ4n) is 2.30. The van der Waals surface area contributed by atoms with Crippen LogP contribution in [0.1, 0.15) is 11.3 Å². The molecule has 0 atom stereocenters. The van der Waals surface area contributed by atoms with Gasteiger partial charge in [0.05, 0.1) is 12.2 Å². The van der Waals surface area contributed by atoms with Crippen molar-refractivity contribution in [1.82, 2.24) is 4.57 Å². The number of ether oxygens (including phenoxy) is 1. The van der Waals surface area contributed by atoms with Gasteiger partial charge in [-0.15, -0.1) is 0 Å². The minimum atomic E-state index is -0.380. The zero-order valence-corrected chi connectivity index (χ0v) is 12.5. The van der Waals surface area contributed by atoms with Gasteiger partial charge in [-0.2, -0.15) is 5.26 Å². The second-order valence-electron chi connectivity index (χ2n) is 5.17. The van der Waals surface area contributed by atoms with Crippen molar-refractivity contribution in [3.8, 4) is 17.7 Å². The molecule has 2 aromatic carbocycles. The minimum absolute atomic E-state index is 0.280. The van der Waals surface area contributed by atoms with Crippen LogP contribution in [0.15, 0.2) is 54.6 Å². The Balaban J connectivity index is 1.96. The van der Waals surface area contributed by atoms with Gasteiger partial charge in [0, 0.05) is 6.07 Å². The normalized spacial score (nSPS) is 10.4.